The van der Waals surface area contributed by atoms with E-state index in [1.54, 1.807) is 19.9 Å². The Kier molecular flexibility index (Phi) is 9.24. The maximum Gasteiger partial charge on any atom is 0.313 e. The van der Waals surface area contributed by atoms with Gasteiger partial charge in [-0.25, -0.2) is 0 Å². The van der Waals surface area contributed by atoms with Crippen LogP contribution in [0.3, 0.4) is 0 Å². The lowest BCUT2D eigenvalue weighted by molar-refractivity contribution is -0.149. The van der Waals surface area contributed by atoms with E-state index in [9.17, 15) is 19.2 Å². The molecule has 2 rings (SSSR count). The van der Waals surface area contributed by atoms with Crippen molar-refractivity contribution in [3.8, 4) is 0 Å². The van der Waals surface area contributed by atoms with Crippen LogP contribution in [-0.4, -0.2) is 36.7 Å². The molecule has 6 nitrogen and oxygen atoms in total. The first-order chi connectivity index (χ1) is 12.4. The fourth-order valence-corrected chi connectivity index (χ4v) is 3.41. The number of ketones is 2. The molecule has 0 spiro atoms. The molecule has 3 atom stereocenters. The van der Waals surface area contributed by atoms with Crippen LogP contribution in [0.2, 0.25) is 0 Å². The summed E-state index contributed by atoms with van der Waals surface area (Å²) >= 11 is 0. The van der Waals surface area contributed by atoms with Gasteiger partial charge in [-0.15, -0.1) is 0 Å². The van der Waals surface area contributed by atoms with E-state index in [0.29, 0.717) is 32.5 Å². The summed E-state index contributed by atoms with van der Waals surface area (Å²) in [5.41, 5.74) is 0.906. The van der Waals surface area contributed by atoms with Crippen LogP contribution in [0, 0.1) is 17.8 Å². The normalized spacial score (nSPS) is 24.6. The van der Waals surface area contributed by atoms with Gasteiger partial charge in [-0.1, -0.05) is 25.8 Å². The predicted molar refractivity (Wildman–Crippen MR) is 96.3 cm³/mol. The zero-order chi connectivity index (χ0) is 19.7. The van der Waals surface area contributed by atoms with Gasteiger partial charge in [0.1, 0.15) is 5.78 Å². The van der Waals surface area contributed by atoms with Crippen molar-refractivity contribution in [3.63, 3.8) is 0 Å². The molecule has 0 amide bonds. The maximum absolute atomic E-state index is 11.4. The third-order valence-corrected chi connectivity index (χ3v) is 4.80. The van der Waals surface area contributed by atoms with Crippen molar-refractivity contribution >= 4 is 23.5 Å². The van der Waals surface area contributed by atoms with Crippen molar-refractivity contribution in [2.45, 2.75) is 59.8 Å². The van der Waals surface area contributed by atoms with E-state index in [1.807, 2.05) is 13.8 Å². The third kappa shape index (κ3) is 6.07. The number of hydrogen-bond donors (Lipinski definition) is 0. The summed E-state index contributed by atoms with van der Waals surface area (Å²) in [6.45, 7) is 8.28. The molecule has 0 aromatic rings. The van der Waals surface area contributed by atoms with Crippen LogP contribution in [0.15, 0.2) is 11.6 Å². The van der Waals surface area contributed by atoms with E-state index >= 15 is 0 Å². The minimum atomic E-state index is -0.308. The molecule has 3 unspecified atom stereocenters. The quantitative estimate of drug-likeness (QED) is 0.672. The van der Waals surface area contributed by atoms with E-state index in [2.05, 4.69) is 0 Å². The molecule has 1 saturated carbocycles. The molecule has 0 radical (unpaired) electrons. The minimum absolute atomic E-state index is 0.0369. The Balaban J connectivity index is 0.000000260. The molecular weight excluding hydrogens is 336 g/mol. The van der Waals surface area contributed by atoms with Crippen molar-refractivity contribution in [2.75, 3.05) is 13.2 Å². The highest BCUT2D eigenvalue weighted by atomic mass is 16.5. The van der Waals surface area contributed by atoms with Crippen molar-refractivity contribution in [3.05, 3.63) is 11.6 Å². The highest BCUT2D eigenvalue weighted by molar-refractivity contribution is 5.98. The molecule has 2 aliphatic rings. The Labute approximate surface area is 155 Å². The zero-order valence-electron chi connectivity index (χ0n) is 16.2. The Morgan fingerprint density at radius 3 is 2.12 bits per heavy atom. The zero-order valence-corrected chi connectivity index (χ0v) is 16.2. The highest BCUT2D eigenvalue weighted by Gasteiger charge is 2.37. The largest absolute Gasteiger partial charge is 0.466 e. The summed E-state index contributed by atoms with van der Waals surface area (Å²) < 4.78 is 9.79. The van der Waals surface area contributed by atoms with Crippen LogP contribution in [0.25, 0.3) is 0 Å². The molecule has 0 bridgehead atoms. The molecule has 0 heterocycles. The predicted octanol–water partition coefficient (Wildman–Crippen LogP) is 3.03. The van der Waals surface area contributed by atoms with Gasteiger partial charge < -0.3 is 9.47 Å². The standard InChI is InChI=1S/C10H16O3.C10H14O3/c2*1-3-7-5-8(11)6-9(7)10(12)13-4-2/h7,9H,3-6H2,1-2H3;5,9H,3-4,6H2,1-2H3. The number of hydrogen-bond acceptors (Lipinski definition) is 6. The molecule has 0 saturated heterocycles. The van der Waals surface area contributed by atoms with Crippen LogP contribution in [0.1, 0.15) is 59.8 Å². The molecule has 146 valence electrons. The van der Waals surface area contributed by atoms with Crippen molar-refractivity contribution < 1.29 is 28.7 Å². The van der Waals surface area contributed by atoms with Gasteiger partial charge in [-0.3, -0.25) is 19.2 Å². The lowest BCUT2D eigenvalue weighted by Crippen LogP contribution is -2.21. The van der Waals surface area contributed by atoms with Gasteiger partial charge in [-0.05, 0) is 32.3 Å². The molecule has 0 N–H and O–H groups in total. The fourth-order valence-electron chi connectivity index (χ4n) is 3.41. The van der Waals surface area contributed by atoms with Gasteiger partial charge in [0.05, 0.1) is 25.0 Å². The number of carbonyl (C=O) groups is 4. The van der Waals surface area contributed by atoms with E-state index in [1.165, 1.54) is 0 Å². The lowest BCUT2D eigenvalue weighted by atomic mass is 9.94. The van der Waals surface area contributed by atoms with Crippen molar-refractivity contribution in [1.29, 1.82) is 0 Å². The second-order valence-corrected chi connectivity index (χ2v) is 6.52. The van der Waals surface area contributed by atoms with Crippen LogP contribution < -0.4 is 0 Å². The number of allylic oxidation sites excluding steroid dienone is 1. The summed E-state index contributed by atoms with van der Waals surface area (Å²) in [4.78, 5) is 44.9. The highest BCUT2D eigenvalue weighted by Crippen LogP contribution is 2.32. The van der Waals surface area contributed by atoms with Gasteiger partial charge in [0.15, 0.2) is 5.78 Å². The Bertz CT molecular complexity index is 563. The first-order valence-electron chi connectivity index (χ1n) is 9.45. The van der Waals surface area contributed by atoms with Crippen LogP contribution in [-0.2, 0) is 28.7 Å². The maximum atomic E-state index is 11.4. The number of ether oxygens (including phenoxy) is 2. The average molecular weight is 366 g/mol. The average Bonchev–Trinajstić information content (AvgIpc) is 3.18. The molecule has 0 aromatic heterocycles. The summed E-state index contributed by atoms with van der Waals surface area (Å²) in [6, 6.07) is 0. The van der Waals surface area contributed by atoms with Gasteiger partial charge >= 0.3 is 11.9 Å². The molecular formula is C20H30O6. The summed E-state index contributed by atoms with van der Waals surface area (Å²) in [6.07, 6.45) is 4.44. The second kappa shape index (κ2) is 10.9. The van der Waals surface area contributed by atoms with Crippen molar-refractivity contribution in [1.82, 2.24) is 0 Å². The Hall–Kier alpha value is -1.98. The Morgan fingerprint density at radius 1 is 0.962 bits per heavy atom. The molecule has 26 heavy (non-hydrogen) atoms. The van der Waals surface area contributed by atoms with E-state index in [0.717, 1.165) is 18.4 Å². The molecule has 0 aliphatic heterocycles. The number of esters is 2. The number of Topliss-reactive ketones (excluding diaryl/α,β-unsaturated/α-hetero) is 1. The third-order valence-electron chi connectivity index (χ3n) is 4.80. The van der Waals surface area contributed by atoms with E-state index in [4.69, 9.17) is 9.47 Å². The summed E-state index contributed by atoms with van der Waals surface area (Å²) in [5, 5.41) is 0. The van der Waals surface area contributed by atoms with Gasteiger partial charge in [0.25, 0.3) is 0 Å². The van der Waals surface area contributed by atoms with E-state index < -0.39 is 0 Å². The van der Waals surface area contributed by atoms with E-state index in [-0.39, 0.29) is 41.3 Å². The summed E-state index contributed by atoms with van der Waals surface area (Å²) in [7, 11) is 0. The fraction of sp³-hybridized carbons (Fsp3) is 0.700. The van der Waals surface area contributed by atoms with Gasteiger partial charge in [-0.2, -0.15) is 0 Å². The first-order valence-corrected chi connectivity index (χ1v) is 9.45. The van der Waals surface area contributed by atoms with Crippen molar-refractivity contribution in [2.24, 2.45) is 17.8 Å². The monoisotopic (exact) mass is 366 g/mol. The van der Waals surface area contributed by atoms with Crippen LogP contribution >= 0.6 is 0 Å². The van der Waals surface area contributed by atoms with Crippen LogP contribution in [0.4, 0.5) is 0 Å². The van der Waals surface area contributed by atoms with Gasteiger partial charge in [0.2, 0.25) is 0 Å². The molecule has 0 aromatic carbocycles. The molecule has 1 fully saturated rings. The molecule has 6 heteroatoms. The number of carbonyl (C=O) groups excluding carboxylic acids is 4. The molecule has 2 aliphatic carbocycles. The smallest absolute Gasteiger partial charge is 0.313 e. The van der Waals surface area contributed by atoms with Crippen LogP contribution in [0.5, 0.6) is 0 Å². The minimum Gasteiger partial charge on any atom is -0.466 e. The first kappa shape index (κ1) is 22.1. The second-order valence-electron chi connectivity index (χ2n) is 6.52. The lowest BCUT2D eigenvalue weighted by Gasteiger charge is -2.14. The summed E-state index contributed by atoms with van der Waals surface area (Å²) in [5.74, 6) is -0.483. The topological polar surface area (TPSA) is 86.7 Å². The number of rotatable bonds is 6. The SMILES string of the molecule is CCOC(=O)C1CC(=O)C=C1CC.CCOC(=O)C1CC(=O)CC1CC. The Morgan fingerprint density at radius 2 is 1.58 bits per heavy atom. The van der Waals surface area contributed by atoms with Gasteiger partial charge in [0, 0.05) is 19.3 Å².